The molecule has 0 aromatic heterocycles. The fourth-order valence-electron chi connectivity index (χ4n) is 2.52. The number of nitrogens with zero attached hydrogens (tertiary/aromatic N) is 1. The van der Waals surface area contributed by atoms with Crippen molar-refractivity contribution in [3.8, 4) is 0 Å². The number of unbranched alkanes of at least 4 members (excludes halogenated alkanes) is 1. The van der Waals surface area contributed by atoms with Crippen LogP contribution < -0.4 is 0 Å². The third-order valence-corrected chi connectivity index (χ3v) is 4.22. The van der Waals surface area contributed by atoms with Crippen molar-refractivity contribution in [2.75, 3.05) is 33.4 Å². The molecule has 1 aliphatic carbocycles. The Kier molecular flexibility index (Phi) is 9.13. The van der Waals surface area contributed by atoms with Gasteiger partial charge in [-0.15, -0.1) is 0 Å². The predicted octanol–water partition coefficient (Wildman–Crippen LogP) is 2.63. The van der Waals surface area contributed by atoms with Crippen LogP contribution in [0, 0.1) is 11.8 Å². The van der Waals surface area contributed by atoms with Gasteiger partial charge < -0.3 is 14.4 Å². The van der Waals surface area contributed by atoms with Crippen molar-refractivity contribution in [3.05, 3.63) is 0 Å². The second-order valence-corrected chi connectivity index (χ2v) is 6.16. The minimum absolute atomic E-state index is 0.158. The number of esters is 1. The standard InChI is InChI=1S/C17H31NO4/c1-4-5-11-22-12-7-10-18(13-14(2)17(20)21-3)16(19)15-8-6-9-15/h14-15H,4-13H2,1-3H3. The molecule has 1 amide bonds. The molecule has 5 nitrogen and oxygen atoms in total. The normalized spacial score (nSPS) is 16.0. The van der Waals surface area contributed by atoms with E-state index in [4.69, 9.17) is 9.47 Å². The van der Waals surface area contributed by atoms with Gasteiger partial charge in [0.2, 0.25) is 5.91 Å². The van der Waals surface area contributed by atoms with Crippen molar-refractivity contribution < 1.29 is 19.1 Å². The summed E-state index contributed by atoms with van der Waals surface area (Å²) in [6.45, 7) is 6.49. The van der Waals surface area contributed by atoms with Gasteiger partial charge in [-0.3, -0.25) is 9.59 Å². The predicted molar refractivity (Wildman–Crippen MR) is 85.4 cm³/mol. The van der Waals surface area contributed by atoms with Crippen molar-refractivity contribution in [3.63, 3.8) is 0 Å². The highest BCUT2D eigenvalue weighted by molar-refractivity contribution is 5.80. The van der Waals surface area contributed by atoms with Crippen LogP contribution in [0.1, 0.15) is 52.4 Å². The fourth-order valence-corrected chi connectivity index (χ4v) is 2.52. The Morgan fingerprint density at radius 2 is 1.91 bits per heavy atom. The van der Waals surface area contributed by atoms with E-state index >= 15 is 0 Å². The topological polar surface area (TPSA) is 55.8 Å². The zero-order chi connectivity index (χ0) is 16.4. The van der Waals surface area contributed by atoms with Gasteiger partial charge in [0.05, 0.1) is 13.0 Å². The molecule has 1 fully saturated rings. The second kappa shape index (κ2) is 10.6. The Labute approximate surface area is 134 Å². The van der Waals surface area contributed by atoms with E-state index in [2.05, 4.69) is 6.92 Å². The zero-order valence-electron chi connectivity index (χ0n) is 14.3. The van der Waals surface area contributed by atoms with Crippen molar-refractivity contribution in [1.82, 2.24) is 4.90 Å². The van der Waals surface area contributed by atoms with E-state index in [1.54, 1.807) is 0 Å². The lowest BCUT2D eigenvalue weighted by Gasteiger charge is -2.32. The molecule has 0 aliphatic heterocycles. The summed E-state index contributed by atoms with van der Waals surface area (Å²) in [6, 6.07) is 0. The highest BCUT2D eigenvalue weighted by atomic mass is 16.5. The number of ether oxygens (including phenoxy) is 2. The monoisotopic (exact) mass is 313 g/mol. The number of rotatable bonds is 11. The van der Waals surface area contributed by atoms with Crippen molar-refractivity contribution in [2.24, 2.45) is 11.8 Å². The average Bonchev–Trinajstić information content (AvgIpc) is 2.46. The Balaban J connectivity index is 2.40. The maximum atomic E-state index is 12.5. The maximum Gasteiger partial charge on any atom is 0.310 e. The summed E-state index contributed by atoms with van der Waals surface area (Å²) < 4.78 is 10.3. The molecule has 1 atom stereocenters. The minimum Gasteiger partial charge on any atom is -0.469 e. The van der Waals surface area contributed by atoms with E-state index in [1.165, 1.54) is 7.11 Å². The number of hydrogen-bond donors (Lipinski definition) is 0. The van der Waals surface area contributed by atoms with Gasteiger partial charge in [-0.05, 0) is 25.7 Å². The van der Waals surface area contributed by atoms with Gasteiger partial charge >= 0.3 is 5.97 Å². The number of methoxy groups -OCH3 is 1. The molecule has 128 valence electrons. The van der Waals surface area contributed by atoms with E-state index in [-0.39, 0.29) is 23.7 Å². The van der Waals surface area contributed by atoms with Gasteiger partial charge in [-0.25, -0.2) is 0 Å². The van der Waals surface area contributed by atoms with Gasteiger partial charge in [0.15, 0.2) is 0 Å². The number of amides is 1. The molecular formula is C17H31NO4. The van der Waals surface area contributed by atoms with E-state index in [9.17, 15) is 9.59 Å². The minimum atomic E-state index is -0.282. The first-order valence-electron chi connectivity index (χ1n) is 8.54. The average molecular weight is 313 g/mol. The summed E-state index contributed by atoms with van der Waals surface area (Å²) in [5.74, 6) is -0.193. The first-order valence-corrected chi connectivity index (χ1v) is 8.54. The van der Waals surface area contributed by atoms with Crippen LogP contribution in [0.4, 0.5) is 0 Å². The largest absolute Gasteiger partial charge is 0.469 e. The van der Waals surface area contributed by atoms with E-state index in [0.717, 1.165) is 45.1 Å². The summed E-state index contributed by atoms with van der Waals surface area (Å²) >= 11 is 0. The van der Waals surface area contributed by atoms with Crippen LogP contribution in [-0.4, -0.2) is 50.2 Å². The Bertz CT molecular complexity index is 342. The molecule has 0 saturated heterocycles. The quantitative estimate of drug-likeness (QED) is 0.435. The summed E-state index contributed by atoms with van der Waals surface area (Å²) in [5.41, 5.74) is 0. The molecule has 1 unspecified atom stereocenters. The highest BCUT2D eigenvalue weighted by Gasteiger charge is 2.30. The first kappa shape index (κ1) is 18.9. The van der Waals surface area contributed by atoms with Gasteiger partial charge in [0.1, 0.15) is 0 Å². The highest BCUT2D eigenvalue weighted by Crippen LogP contribution is 2.28. The summed E-state index contributed by atoms with van der Waals surface area (Å²) in [6.07, 6.45) is 6.11. The number of carbonyl (C=O) groups excluding carboxylic acids is 2. The molecule has 0 aromatic carbocycles. The van der Waals surface area contributed by atoms with Crippen LogP contribution in [0.3, 0.4) is 0 Å². The van der Waals surface area contributed by atoms with Gasteiger partial charge in [0.25, 0.3) is 0 Å². The van der Waals surface area contributed by atoms with Gasteiger partial charge in [-0.1, -0.05) is 26.7 Å². The van der Waals surface area contributed by atoms with Crippen molar-refractivity contribution >= 4 is 11.9 Å². The molecule has 0 aromatic rings. The van der Waals surface area contributed by atoms with Gasteiger partial charge in [-0.2, -0.15) is 0 Å². The van der Waals surface area contributed by atoms with Crippen LogP contribution in [0.25, 0.3) is 0 Å². The molecule has 0 N–H and O–H groups in total. The Hall–Kier alpha value is -1.10. The maximum absolute atomic E-state index is 12.5. The van der Waals surface area contributed by atoms with Crippen LogP contribution >= 0.6 is 0 Å². The fraction of sp³-hybridized carbons (Fsp3) is 0.882. The molecular weight excluding hydrogens is 282 g/mol. The van der Waals surface area contributed by atoms with Crippen LogP contribution in [0.2, 0.25) is 0 Å². The lowest BCUT2D eigenvalue weighted by molar-refractivity contribution is -0.147. The zero-order valence-corrected chi connectivity index (χ0v) is 14.3. The Morgan fingerprint density at radius 1 is 1.23 bits per heavy atom. The molecule has 1 aliphatic rings. The lowest BCUT2D eigenvalue weighted by Crippen LogP contribution is -2.43. The summed E-state index contributed by atoms with van der Waals surface area (Å²) in [7, 11) is 1.39. The number of hydrogen-bond acceptors (Lipinski definition) is 4. The molecule has 1 rings (SSSR count). The van der Waals surface area contributed by atoms with Crippen LogP contribution in [-0.2, 0) is 19.1 Å². The summed E-state index contributed by atoms with van der Waals surface area (Å²) in [5, 5.41) is 0. The first-order chi connectivity index (χ1) is 10.6. The third-order valence-electron chi connectivity index (χ3n) is 4.22. The molecule has 5 heteroatoms. The van der Waals surface area contributed by atoms with E-state index < -0.39 is 0 Å². The summed E-state index contributed by atoms with van der Waals surface area (Å²) in [4.78, 5) is 25.9. The Morgan fingerprint density at radius 3 is 2.45 bits per heavy atom. The lowest BCUT2D eigenvalue weighted by atomic mass is 9.84. The SMILES string of the molecule is CCCCOCCCN(CC(C)C(=O)OC)C(=O)C1CCC1. The molecule has 22 heavy (non-hydrogen) atoms. The van der Waals surface area contributed by atoms with Crippen molar-refractivity contribution in [2.45, 2.75) is 52.4 Å². The molecule has 1 saturated carbocycles. The smallest absolute Gasteiger partial charge is 0.310 e. The van der Waals surface area contributed by atoms with Crippen LogP contribution in [0.5, 0.6) is 0 Å². The molecule has 0 spiro atoms. The van der Waals surface area contributed by atoms with Crippen LogP contribution in [0.15, 0.2) is 0 Å². The molecule has 0 radical (unpaired) electrons. The van der Waals surface area contributed by atoms with E-state index in [0.29, 0.717) is 19.7 Å². The van der Waals surface area contributed by atoms with Gasteiger partial charge in [0, 0.05) is 32.2 Å². The molecule has 0 bridgehead atoms. The third kappa shape index (κ3) is 6.34. The molecule has 0 heterocycles. The van der Waals surface area contributed by atoms with E-state index in [1.807, 2.05) is 11.8 Å². The number of carbonyl (C=O) groups is 2. The second-order valence-electron chi connectivity index (χ2n) is 6.16. The van der Waals surface area contributed by atoms with Crippen molar-refractivity contribution in [1.29, 1.82) is 0 Å².